The minimum absolute atomic E-state index is 0.132. The lowest BCUT2D eigenvalue weighted by atomic mass is 10.1. The third kappa shape index (κ3) is 3.30. The van der Waals surface area contributed by atoms with Crippen molar-refractivity contribution in [3.05, 3.63) is 95.0 Å². The van der Waals surface area contributed by atoms with Crippen molar-refractivity contribution >= 4 is 31.5 Å². The number of sulfone groups is 1. The van der Waals surface area contributed by atoms with Crippen LogP contribution in [-0.4, -0.2) is 28.0 Å². The zero-order chi connectivity index (χ0) is 21.6. The van der Waals surface area contributed by atoms with Crippen molar-refractivity contribution in [1.29, 1.82) is 0 Å². The molecule has 5 rings (SSSR count). The van der Waals surface area contributed by atoms with E-state index in [1.54, 1.807) is 47.3 Å². The topological polar surface area (TPSA) is 86.8 Å². The first kappa shape index (κ1) is 19.2. The fourth-order valence-electron chi connectivity index (χ4n) is 3.67. The number of rotatable bonds is 4. The molecule has 3 aromatic carbocycles. The van der Waals surface area contributed by atoms with Crippen LogP contribution in [0.15, 0.2) is 93.7 Å². The van der Waals surface area contributed by atoms with Crippen molar-refractivity contribution in [1.82, 2.24) is 19.6 Å². The third-order valence-corrected chi connectivity index (χ3v) is 7.10. The smallest absolute Gasteiger partial charge is 0.268 e. The van der Waals surface area contributed by atoms with Gasteiger partial charge in [0.25, 0.3) is 5.56 Å². The van der Waals surface area contributed by atoms with Crippen LogP contribution in [0.5, 0.6) is 0 Å². The van der Waals surface area contributed by atoms with Crippen molar-refractivity contribution in [2.45, 2.75) is 16.3 Å². The molecule has 31 heavy (non-hydrogen) atoms. The van der Waals surface area contributed by atoms with Gasteiger partial charge in [-0.3, -0.25) is 9.48 Å². The number of fused-ring (bicyclic) bond motifs is 2. The molecule has 0 aliphatic heterocycles. The van der Waals surface area contributed by atoms with Gasteiger partial charge in [0.05, 0.1) is 39.6 Å². The highest BCUT2D eigenvalue weighted by atomic mass is 32.2. The molecule has 0 aliphatic rings. The Hall–Kier alpha value is -3.78. The summed E-state index contributed by atoms with van der Waals surface area (Å²) in [6.45, 7) is 0.309. The van der Waals surface area contributed by atoms with Gasteiger partial charge >= 0.3 is 0 Å². The molecule has 0 spiro atoms. The average molecular weight is 430 g/mol. The molecule has 0 N–H and O–H groups in total. The van der Waals surface area contributed by atoms with E-state index in [2.05, 4.69) is 10.2 Å². The van der Waals surface area contributed by atoms with Crippen molar-refractivity contribution in [3.8, 4) is 0 Å². The van der Waals surface area contributed by atoms with Gasteiger partial charge in [0.15, 0.2) is 0 Å². The Morgan fingerprint density at radius 1 is 0.839 bits per heavy atom. The predicted molar refractivity (Wildman–Crippen MR) is 118 cm³/mol. The fourth-order valence-corrected chi connectivity index (χ4v) is 4.98. The van der Waals surface area contributed by atoms with Gasteiger partial charge in [-0.25, -0.2) is 13.1 Å². The van der Waals surface area contributed by atoms with Gasteiger partial charge in [0, 0.05) is 17.8 Å². The lowest BCUT2D eigenvalue weighted by Crippen LogP contribution is -2.23. The molecule has 154 valence electrons. The van der Waals surface area contributed by atoms with Crippen LogP contribution in [0.1, 0.15) is 5.56 Å². The summed E-state index contributed by atoms with van der Waals surface area (Å²) in [5.41, 5.74) is 1.67. The van der Waals surface area contributed by atoms with E-state index in [-0.39, 0.29) is 15.4 Å². The van der Waals surface area contributed by atoms with Gasteiger partial charge in [-0.15, -0.1) is 0 Å². The Morgan fingerprint density at radius 2 is 1.61 bits per heavy atom. The van der Waals surface area contributed by atoms with Crippen molar-refractivity contribution in [2.75, 3.05) is 0 Å². The van der Waals surface area contributed by atoms with Crippen LogP contribution in [0.3, 0.4) is 0 Å². The second-order valence-electron chi connectivity index (χ2n) is 7.33. The first-order valence-electron chi connectivity index (χ1n) is 9.64. The van der Waals surface area contributed by atoms with Gasteiger partial charge in [0.1, 0.15) is 0 Å². The summed E-state index contributed by atoms with van der Waals surface area (Å²) in [5, 5.41) is 10.4. The molecule has 7 nitrogen and oxygen atoms in total. The first-order valence-corrected chi connectivity index (χ1v) is 11.1. The molecule has 0 saturated carbocycles. The Labute approximate surface area is 178 Å². The number of hydrogen-bond donors (Lipinski definition) is 0. The highest BCUT2D eigenvalue weighted by molar-refractivity contribution is 7.91. The Balaban J connectivity index is 1.52. The van der Waals surface area contributed by atoms with Crippen LogP contribution in [0.25, 0.3) is 21.7 Å². The Kier molecular flexibility index (Phi) is 4.44. The standard InChI is InChI=1S/C23H18N4O3S/c1-26-22-10-7-16(11-18(22)14-24-26)15-27-23(28)21-9-8-20(12-17(21)13-25-27)31(29,30)19-5-3-2-4-6-19/h2-14H,15H2,1H3. The molecule has 0 aliphatic carbocycles. The molecule has 0 radical (unpaired) electrons. The average Bonchev–Trinajstić information content (AvgIpc) is 3.16. The molecule has 8 heteroatoms. The number of nitrogens with zero attached hydrogens (tertiary/aromatic N) is 4. The molecule has 0 atom stereocenters. The maximum absolute atomic E-state index is 13.0. The quantitative estimate of drug-likeness (QED) is 0.437. The summed E-state index contributed by atoms with van der Waals surface area (Å²) in [5.74, 6) is 0. The van der Waals surface area contributed by atoms with Crippen molar-refractivity contribution < 1.29 is 8.42 Å². The highest BCUT2D eigenvalue weighted by Gasteiger charge is 2.18. The summed E-state index contributed by atoms with van der Waals surface area (Å²) in [7, 11) is -1.79. The highest BCUT2D eigenvalue weighted by Crippen LogP contribution is 2.23. The van der Waals surface area contributed by atoms with Gasteiger partial charge < -0.3 is 0 Å². The van der Waals surface area contributed by atoms with E-state index in [1.165, 1.54) is 23.0 Å². The maximum Gasteiger partial charge on any atom is 0.274 e. The molecule has 2 heterocycles. The van der Waals surface area contributed by atoms with Gasteiger partial charge in [-0.05, 0) is 48.0 Å². The number of benzene rings is 3. The minimum Gasteiger partial charge on any atom is -0.268 e. The van der Waals surface area contributed by atoms with Crippen LogP contribution < -0.4 is 5.56 Å². The second-order valence-corrected chi connectivity index (χ2v) is 9.28. The van der Waals surface area contributed by atoms with Crippen molar-refractivity contribution in [3.63, 3.8) is 0 Å². The Morgan fingerprint density at radius 3 is 2.42 bits per heavy atom. The molecule has 5 aromatic rings. The summed E-state index contributed by atoms with van der Waals surface area (Å²) in [4.78, 5) is 13.3. The van der Waals surface area contributed by atoms with E-state index in [0.717, 1.165) is 16.5 Å². The number of hydrogen-bond acceptors (Lipinski definition) is 5. The van der Waals surface area contributed by atoms with Crippen LogP contribution in [0.2, 0.25) is 0 Å². The predicted octanol–water partition coefficient (Wildman–Crippen LogP) is 3.16. The molecule has 0 fully saturated rings. The van der Waals surface area contributed by atoms with Crippen LogP contribution in [-0.2, 0) is 23.4 Å². The van der Waals surface area contributed by atoms with E-state index < -0.39 is 9.84 Å². The summed E-state index contributed by atoms with van der Waals surface area (Å²) in [6, 6.07) is 18.6. The zero-order valence-corrected chi connectivity index (χ0v) is 17.5. The van der Waals surface area contributed by atoms with E-state index in [9.17, 15) is 13.2 Å². The molecule has 0 saturated heterocycles. The molecule has 0 amide bonds. The zero-order valence-electron chi connectivity index (χ0n) is 16.6. The molecule has 0 bridgehead atoms. The molecule has 2 aromatic heterocycles. The number of aromatic nitrogens is 4. The van der Waals surface area contributed by atoms with E-state index >= 15 is 0 Å². The first-order chi connectivity index (χ1) is 14.9. The van der Waals surface area contributed by atoms with E-state index in [1.807, 2.05) is 25.2 Å². The van der Waals surface area contributed by atoms with E-state index in [4.69, 9.17) is 0 Å². The lowest BCUT2D eigenvalue weighted by molar-refractivity contribution is 0.596. The maximum atomic E-state index is 13.0. The molecule has 0 unspecified atom stereocenters. The number of aryl methyl sites for hydroxylation is 1. The van der Waals surface area contributed by atoms with Crippen LogP contribution in [0.4, 0.5) is 0 Å². The third-order valence-electron chi connectivity index (χ3n) is 5.33. The minimum atomic E-state index is -3.67. The summed E-state index contributed by atoms with van der Waals surface area (Å²) < 4.78 is 28.9. The van der Waals surface area contributed by atoms with Gasteiger partial charge in [0.2, 0.25) is 9.84 Å². The second kappa shape index (κ2) is 7.17. The van der Waals surface area contributed by atoms with Gasteiger partial charge in [-0.1, -0.05) is 24.3 Å². The van der Waals surface area contributed by atoms with Gasteiger partial charge in [-0.2, -0.15) is 10.2 Å². The summed E-state index contributed by atoms with van der Waals surface area (Å²) >= 11 is 0. The van der Waals surface area contributed by atoms with Crippen LogP contribution in [0, 0.1) is 0 Å². The largest absolute Gasteiger partial charge is 0.274 e. The normalized spacial score (nSPS) is 11.9. The monoisotopic (exact) mass is 430 g/mol. The lowest BCUT2D eigenvalue weighted by Gasteiger charge is -2.09. The summed E-state index contributed by atoms with van der Waals surface area (Å²) in [6.07, 6.45) is 3.31. The van der Waals surface area contributed by atoms with Crippen molar-refractivity contribution in [2.24, 2.45) is 7.05 Å². The Bertz CT molecular complexity index is 1600. The fraction of sp³-hybridized carbons (Fsp3) is 0.0870. The SMILES string of the molecule is Cn1ncc2cc(Cn3ncc4cc(S(=O)(=O)c5ccccc5)ccc4c3=O)ccc21. The molecular formula is C23H18N4O3S. The van der Waals surface area contributed by atoms with E-state index in [0.29, 0.717) is 17.3 Å². The van der Waals surface area contributed by atoms with Crippen LogP contribution >= 0.6 is 0 Å². The molecular weight excluding hydrogens is 412 g/mol.